The number of likely N-dealkylation sites (tertiary alicyclic amines) is 1. The van der Waals surface area contributed by atoms with Crippen LogP contribution in [0.5, 0.6) is 0 Å². The van der Waals surface area contributed by atoms with Crippen molar-refractivity contribution in [3.05, 3.63) is 53.0 Å². The number of benzene rings is 1. The summed E-state index contributed by atoms with van der Waals surface area (Å²) in [4.78, 5) is 20.2. The van der Waals surface area contributed by atoms with Crippen molar-refractivity contribution in [3.8, 4) is 0 Å². The summed E-state index contributed by atoms with van der Waals surface area (Å²) in [6, 6.07) is 6.50. The first-order valence-electron chi connectivity index (χ1n) is 8.35. The molecule has 1 aliphatic heterocycles. The third kappa shape index (κ3) is 3.11. The van der Waals surface area contributed by atoms with Crippen molar-refractivity contribution in [3.63, 3.8) is 0 Å². The van der Waals surface area contributed by atoms with Crippen molar-refractivity contribution in [2.75, 3.05) is 18.4 Å². The molecule has 1 atom stereocenters. The molecule has 0 bridgehead atoms. The highest BCUT2D eigenvalue weighted by atomic mass is 32.1. The van der Waals surface area contributed by atoms with E-state index in [0.29, 0.717) is 12.2 Å². The average molecular weight is 358 g/mol. The molecule has 130 valence electrons. The maximum absolute atomic E-state index is 13.0. The molecule has 7 heteroatoms. The van der Waals surface area contributed by atoms with Gasteiger partial charge in [-0.2, -0.15) is 0 Å². The van der Waals surface area contributed by atoms with Crippen LogP contribution in [0.1, 0.15) is 29.0 Å². The van der Waals surface area contributed by atoms with E-state index in [1.165, 1.54) is 23.5 Å². The van der Waals surface area contributed by atoms with Crippen molar-refractivity contribution < 1.29 is 9.18 Å². The van der Waals surface area contributed by atoms with Gasteiger partial charge in [0.1, 0.15) is 11.5 Å². The van der Waals surface area contributed by atoms with Crippen LogP contribution in [0.25, 0.3) is 4.96 Å². The van der Waals surface area contributed by atoms with Crippen LogP contribution in [-0.4, -0.2) is 39.3 Å². The largest absolute Gasteiger partial charge is 0.381 e. The highest BCUT2D eigenvalue weighted by molar-refractivity contribution is 7.15. The molecule has 25 heavy (non-hydrogen) atoms. The number of imidazole rings is 1. The number of nitrogens with one attached hydrogen (secondary N) is 1. The summed E-state index contributed by atoms with van der Waals surface area (Å²) >= 11 is 1.53. The Morgan fingerprint density at radius 3 is 2.96 bits per heavy atom. The average Bonchev–Trinajstić information content (AvgIpc) is 3.16. The SMILES string of the molecule is Cc1nc2sccn2c1C(=O)N1CCCC(Nc2ccc(F)cc2)C1. The van der Waals surface area contributed by atoms with Crippen molar-refractivity contribution in [2.45, 2.75) is 25.8 Å². The fraction of sp³-hybridized carbons (Fsp3) is 0.333. The Bertz CT molecular complexity index is 902. The quantitative estimate of drug-likeness (QED) is 0.779. The maximum Gasteiger partial charge on any atom is 0.272 e. The zero-order valence-corrected chi connectivity index (χ0v) is 14.7. The van der Waals surface area contributed by atoms with Crippen LogP contribution in [0.15, 0.2) is 35.8 Å². The Morgan fingerprint density at radius 1 is 1.36 bits per heavy atom. The summed E-state index contributed by atoms with van der Waals surface area (Å²) in [6.07, 6.45) is 3.82. The Hall–Kier alpha value is -2.41. The summed E-state index contributed by atoms with van der Waals surface area (Å²) in [7, 11) is 0. The third-order valence-electron chi connectivity index (χ3n) is 4.56. The van der Waals surface area contributed by atoms with Gasteiger partial charge < -0.3 is 10.2 Å². The standard InChI is InChI=1S/C18H19FN4OS/c1-12-16(23-9-10-25-18(23)20-12)17(24)22-8-2-3-15(11-22)21-14-6-4-13(19)5-7-14/h4-7,9-10,15,21H,2-3,8,11H2,1H3. The Morgan fingerprint density at radius 2 is 2.16 bits per heavy atom. The molecular weight excluding hydrogens is 339 g/mol. The monoisotopic (exact) mass is 358 g/mol. The molecule has 1 fully saturated rings. The van der Waals surface area contributed by atoms with Gasteiger partial charge >= 0.3 is 0 Å². The number of hydrogen-bond donors (Lipinski definition) is 1. The molecule has 0 saturated carbocycles. The number of hydrogen-bond acceptors (Lipinski definition) is 4. The molecule has 4 rings (SSSR count). The fourth-order valence-corrected chi connectivity index (χ4v) is 4.12. The highest BCUT2D eigenvalue weighted by Crippen LogP contribution is 2.22. The van der Waals surface area contributed by atoms with E-state index in [4.69, 9.17) is 0 Å². The molecule has 0 spiro atoms. The third-order valence-corrected chi connectivity index (χ3v) is 5.32. The zero-order valence-electron chi connectivity index (χ0n) is 13.9. The van der Waals surface area contributed by atoms with Crippen molar-refractivity contribution in [2.24, 2.45) is 0 Å². The second kappa shape index (κ2) is 6.48. The first-order valence-corrected chi connectivity index (χ1v) is 9.23. The molecule has 3 heterocycles. The normalized spacial score (nSPS) is 17.8. The van der Waals surface area contributed by atoms with E-state index in [-0.39, 0.29) is 17.8 Å². The molecule has 2 aromatic heterocycles. The number of piperidine rings is 1. The lowest BCUT2D eigenvalue weighted by molar-refractivity contribution is 0.0707. The molecule has 5 nitrogen and oxygen atoms in total. The van der Waals surface area contributed by atoms with Gasteiger partial charge in [0.25, 0.3) is 5.91 Å². The molecule has 1 aromatic carbocycles. The Kier molecular flexibility index (Phi) is 4.17. The number of carbonyl (C=O) groups excluding carboxylic acids is 1. The van der Waals surface area contributed by atoms with Gasteiger partial charge in [0.15, 0.2) is 4.96 Å². The van der Waals surface area contributed by atoms with Gasteiger partial charge in [0.05, 0.1) is 5.69 Å². The molecule has 1 aliphatic rings. The molecule has 0 radical (unpaired) electrons. The smallest absolute Gasteiger partial charge is 0.272 e. The minimum Gasteiger partial charge on any atom is -0.381 e. The van der Waals surface area contributed by atoms with E-state index in [1.54, 1.807) is 12.1 Å². The number of carbonyl (C=O) groups is 1. The lowest BCUT2D eigenvalue weighted by Crippen LogP contribution is -2.45. The number of nitrogens with zero attached hydrogens (tertiary/aromatic N) is 3. The molecular formula is C18H19FN4OS. The number of amides is 1. The van der Waals surface area contributed by atoms with E-state index in [1.807, 2.05) is 27.8 Å². The second-order valence-electron chi connectivity index (χ2n) is 6.34. The number of thiazole rings is 1. The predicted octanol–water partition coefficient (Wildman–Crippen LogP) is 3.56. The summed E-state index contributed by atoms with van der Waals surface area (Å²) in [5, 5.41) is 5.34. The van der Waals surface area contributed by atoms with Crippen LogP contribution < -0.4 is 5.32 Å². The topological polar surface area (TPSA) is 49.6 Å². The van der Waals surface area contributed by atoms with E-state index in [9.17, 15) is 9.18 Å². The minimum atomic E-state index is -0.248. The summed E-state index contributed by atoms with van der Waals surface area (Å²) in [6.45, 7) is 3.26. The van der Waals surface area contributed by atoms with E-state index in [2.05, 4.69) is 10.3 Å². The fourth-order valence-electron chi connectivity index (χ4n) is 3.36. The van der Waals surface area contributed by atoms with Gasteiger partial charge in [-0.1, -0.05) is 0 Å². The molecule has 1 saturated heterocycles. The number of anilines is 1. The second-order valence-corrected chi connectivity index (χ2v) is 7.22. The van der Waals surface area contributed by atoms with Gasteiger partial charge in [-0.15, -0.1) is 11.3 Å². The van der Waals surface area contributed by atoms with Gasteiger partial charge in [0.2, 0.25) is 0 Å². The lowest BCUT2D eigenvalue weighted by Gasteiger charge is -2.33. The first-order chi connectivity index (χ1) is 12.1. The number of halogens is 1. The summed E-state index contributed by atoms with van der Waals surface area (Å²) < 4.78 is 14.9. The molecule has 1 amide bonds. The van der Waals surface area contributed by atoms with Crippen molar-refractivity contribution in [1.82, 2.24) is 14.3 Å². The molecule has 1 unspecified atom stereocenters. The number of fused-ring (bicyclic) bond motifs is 1. The predicted molar refractivity (Wildman–Crippen MR) is 96.8 cm³/mol. The number of aromatic nitrogens is 2. The highest BCUT2D eigenvalue weighted by Gasteiger charge is 2.28. The van der Waals surface area contributed by atoms with E-state index in [0.717, 1.165) is 35.7 Å². The lowest BCUT2D eigenvalue weighted by atomic mass is 10.0. The number of rotatable bonds is 3. The summed E-state index contributed by atoms with van der Waals surface area (Å²) in [5.74, 6) is -0.226. The first kappa shape index (κ1) is 16.1. The van der Waals surface area contributed by atoms with Gasteiger partial charge in [-0.25, -0.2) is 9.37 Å². The van der Waals surface area contributed by atoms with Crippen LogP contribution in [0.3, 0.4) is 0 Å². The van der Waals surface area contributed by atoms with E-state index >= 15 is 0 Å². The van der Waals surface area contributed by atoms with Gasteiger partial charge in [0, 0.05) is 36.4 Å². The van der Waals surface area contributed by atoms with Crippen molar-refractivity contribution in [1.29, 1.82) is 0 Å². The van der Waals surface area contributed by atoms with Crippen LogP contribution >= 0.6 is 11.3 Å². The van der Waals surface area contributed by atoms with Gasteiger partial charge in [-0.05, 0) is 44.0 Å². The van der Waals surface area contributed by atoms with Crippen LogP contribution in [0.4, 0.5) is 10.1 Å². The summed E-state index contributed by atoms with van der Waals surface area (Å²) in [5.41, 5.74) is 2.30. The Balaban J connectivity index is 1.50. The Labute approximate surface area is 149 Å². The minimum absolute atomic E-state index is 0.0222. The number of aryl methyl sites for hydroxylation is 1. The maximum atomic E-state index is 13.0. The zero-order chi connectivity index (χ0) is 17.4. The molecule has 1 N–H and O–H groups in total. The van der Waals surface area contributed by atoms with Crippen LogP contribution in [-0.2, 0) is 0 Å². The van der Waals surface area contributed by atoms with Crippen LogP contribution in [0, 0.1) is 12.7 Å². The van der Waals surface area contributed by atoms with E-state index < -0.39 is 0 Å². The van der Waals surface area contributed by atoms with Crippen LogP contribution in [0.2, 0.25) is 0 Å². The van der Waals surface area contributed by atoms with Crippen molar-refractivity contribution >= 4 is 27.9 Å². The van der Waals surface area contributed by atoms with Gasteiger partial charge in [-0.3, -0.25) is 9.20 Å². The molecule has 0 aliphatic carbocycles. The molecule has 3 aromatic rings.